The van der Waals surface area contributed by atoms with Crippen molar-refractivity contribution >= 4 is 50.6 Å². The maximum Gasteiger partial charge on any atom is 0.272 e. The van der Waals surface area contributed by atoms with E-state index in [0.717, 1.165) is 8.04 Å². The molecule has 0 heterocycles. The minimum atomic E-state index is -0.291. The largest absolute Gasteiger partial charge is 0.507 e. The minimum Gasteiger partial charge on any atom is -0.507 e. The average Bonchev–Trinajstić information content (AvgIpc) is 2.43. The van der Waals surface area contributed by atoms with Crippen molar-refractivity contribution in [3.05, 3.63) is 61.6 Å². The predicted octanol–water partition coefficient (Wildman–Crippen LogP) is 3.52. The van der Waals surface area contributed by atoms with Gasteiger partial charge in [-0.05, 0) is 52.9 Å². The van der Waals surface area contributed by atoms with Gasteiger partial charge in [0.15, 0.2) is 0 Å². The SMILES string of the molecule is O=C(NN=Cc1cc(Br)ccc1O)c1ccccc1I. The molecule has 2 N–H and O–H groups in total. The Balaban J connectivity index is 2.09. The molecule has 0 saturated carbocycles. The molecule has 0 aliphatic heterocycles. The van der Waals surface area contributed by atoms with Crippen molar-refractivity contribution in [1.29, 1.82) is 0 Å². The minimum absolute atomic E-state index is 0.0977. The number of phenolic OH excluding ortho intramolecular Hbond substituents is 1. The highest BCUT2D eigenvalue weighted by Gasteiger charge is 2.07. The molecule has 0 bridgehead atoms. The van der Waals surface area contributed by atoms with E-state index in [1.54, 1.807) is 30.3 Å². The summed E-state index contributed by atoms with van der Waals surface area (Å²) in [5, 5.41) is 13.5. The lowest BCUT2D eigenvalue weighted by atomic mass is 10.2. The second kappa shape index (κ2) is 6.85. The number of nitrogens with one attached hydrogen (secondary N) is 1. The van der Waals surface area contributed by atoms with Crippen molar-refractivity contribution in [3.8, 4) is 5.75 Å². The fraction of sp³-hybridized carbons (Fsp3) is 0. The molecule has 0 aliphatic rings. The lowest BCUT2D eigenvalue weighted by Crippen LogP contribution is -2.18. The Labute approximate surface area is 138 Å². The monoisotopic (exact) mass is 444 g/mol. The first kappa shape index (κ1) is 15.0. The fourth-order valence-electron chi connectivity index (χ4n) is 1.49. The lowest BCUT2D eigenvalue weighted by Gasteiger charge is -2.02. The molecule has 102 valence electrons. The Bertz CT molecular complexity index is 674. The Hall–Kier alpha value is -1.41. The highest BCUT2D eigenvalue weighted by molar-refractivity contribution is 14.1. The average molecular weight is 445 g/mol. The van der Waals surface area contributed by atoms with E-state index in [9.17, 15) is 9.90 Å². The standard InChI is InChI=1S/C14H10BrIN2O2/c15-10-5-6-13(19)9(7-10)8-17-18-14(20)11-3-1-2-4-12(11)16/h1-8,19H,(H,18,20). The van der Waals surface area contributed by atoms with E-state index in [0.29, 0.717) is 11.1 Å². The number of nitrogens with zero attached hydrogens (tertiary/aromatic N) is 1. The molecule has 4 nitrogen and oxygen atoms in total. The Morgan fingerprint density at radius 3 is 2.80 bits per heavy atom. The van der Waals surface area contributed by atoms with E-state index in [1.165, 1.54) is 6.21 Å². The van der Waals surface area contributed by atoms with Gasteiger partial charge >= 0.3 is 0 Å². The summed E-state index contributed by atoms with van der Waals surface area (Å²) in [5.41, 5.74) is 3.51. The molecular formula is C14H10BrIN2O2. The van der Waals surface area contributed by atoms with Crippen LogP contribution in [0.15, 0.2) is 52.0 Å². The summed E-state index contributed by atoms with van der Waals surface area (Å²) in [6.07, 6.45) is 1.40. The summed E-state index contributed by atoms with van der Waals surface area (Å²) in [7, 11) is 0. The summed E-state index contributed by atoms with van der Waals surface area (Å²) in [6.45, 7) is 0. The van der Waals surface area contributed by atoms with Crippen LogP contribution in [0.1, 0.15) is 15.9 Å². The summed E-state index contributed by atoms with van der Waals surface area (Å²) >= 11 is 5.39. The van der Waals surface area contributed by atoms with Crippen LogP contribution in [-0.2, 0) is 0 Å². The summed E-state index contributed by atoms with van der Waals surface area (Å²) < 4.78 is 1.67. The van der Waals surface area contributed by atoms with Crippen LogP contribution in [0.4, 0.5) is 0 Å². The van der Waals surface area contributed by atoms with E-state index in [-0.39, 0.29) is 11.7 Å². The molecule has 0 spiro atoms. The maximum atomic E-state index is 11.9. The number of hydrogen-bond donors (Lipinski definition) is 2. The van der Waals surface area contributed by atoms with E-state index in [1.807, 2.05) is 12.1 Å². The van der Waals surface area contributed by atoms with Gasteiger partial charge in [-0.1, -0.05) is 28.1 Å². The quantitative estimate of drug-likeness (QED) is 0.432. The van der Waals surface area contributed by atoms with Crippen LogP contribution < -0.4 is 5.43 Å². The molecule has 1 amide bonds. The zero-order chi connectivity index (χ0) is 14.5. The number of hydrogen-bond acceptors (Lipinski definition) is 3. The van der Waals surface area contributed by atoms with Crippen molar-refractivity contribution in [1.82, 2.24) is 5.43 Å². The number of benzene rings is 2. The second-order valence-electron chi connectivity index (χ2n) is 3.88. The van der Waals surface area contributed by atoms with Crippen molar-refractivity contribution < 1.29 is 9.90 Å². The van der Waals surface area contributed by atoms with Gasteiger partial charge in [0.2, 0.25) is 0 Å². The molecule has 6 heteroatoms. The van der Waals surface area contributed by atoms with E-state index in [4.69, 9.17) is 0 Å². The number of carbonyl (C=O) groups excluding carboxylic acids is 1. The summed E-state index contributed by atoms with van der Waals surface area (Å²) in [5.74, 6) is -0.193. The molecule has 0 aliphatic carbocycles. The van der Waals surface area contributed by atoms with E-state index >= 15 is 0 Å². The van der Waals surface area contributed by atoms with Crippen LogP contribution >= 0.6 is 38.5 Å². The third-order valence-electron chi connectivity index (χ3n) is 2.48. The summed E-state index contributed by atoms with van der Waals surface area (Å²) in [6, 6.07) is 12.2. The normalized spacial score (nSPS) is 10.7. The van der Waals surface area contributed by atoms with E-state index in [2.05, 4.69) is 49.0 Å². The van der Waals surface area contributed by atoms with Crippen molar-refractivity contribution in [2.75, 3.05) is 0 Å². The molecule has 0 unspecified atom stereocenters. The van der Waals surface area contributed by atoms with Crippen LogP contribution in [0.25, 0.3) is 0 Å². The predicted molar refractivity (Wildman–Crippen MR) is 90.0 cm³/mol. The molecule has 2 aromatic rings. The van der Waals surface area contributed by atoms with Crippen LogP contribution in [0.5, 0.6) is 5.75 Å². The third-order valence-corrected chi connectivity index (χ3v) is 3.91. The number of halogens is 2. The fourth-order valence-corrected chi connectivity index (χ4v) is 2.51. The first-order valence-corrected chi connectivity index (χ1v) is 7.51. The molecule has 0 fully saturated rings. The first-order chi connectivity index (χ1) is 9.58. The maximum absolute atomic E-state index is 11.9. The van der Waals surface area contributed by atoms with Gasteiger partial charge in [0.25, 0.3) is 5.91 Å². The van der Waals surface area contributed by atoms with Crippen LogP contribution in [-0.4, -0.2) is 17.2 Å². The lowest BCUT2D eigenvalue weighted by molar-refractivity contribution is 0.0954. The highest BCUT2D eigenvalue weighted by atomic mass is 127. The number of carbonyl (C=O) groups is 1. The number of amides is 1. The van der Waals surface area contributed by atoms with Crippen LogP contribution in [0.3, 0.4) is 0 Å². The number of phenols is 1. The number of aromatic hydroxyl groups is 1. The molecule has 20 heavy (non-hydrogen) atoms. The number of hydrazone groups is 1. The van der Waals surface area contributed by atoms with Gasteiger partial charge < -0.3 is 5.11 Å². The Kier molecular flexibility index (Phi) is 5.13. The van der Waals surface area contributed by atoms with Gasteiger partial charge in [0.05, 0.1) is 11.8 Å². The summed E-state index contributed by atoms with van der Waals surface area (Å²) in [4.78, 5) is 11.9. The van der Waals surface area contributed by atoms with Crippen molar-refractivity contribution in [2.45, 2.75) is 0 Å². The zero-order valence-electron chi connectivity index (χ0n) is 10.2. The first-order valence-electron chi connectivity index (χ1n) is 5.64. The number of rotatable bonds is 3. The smallest absolute Gasteiger partial charge is 0.272 e. The van der Waals surface area contributed by atoms with E-state index < -0.39 is 0 Å². The van der Waals surface area contributed by atoms with Gasteiger partial charge in [-0.3, -0.25) is 4.79 Å². The molecule has 0 radical (unpaired) electrons. The topological polar surface area (TPSA) is 61.7 Å². The molecule has 0 atom stereocenters. The molecule has 2 aromatic carbocycles. The van der Waals surface area contributed by atoms with Gasteiger partial charge in [0, 0.05) is 13.6 Å². The highest BCUT2D eigenvalue weighted by Crippen LogP contribution is 2.20. The second-order valence-corrected chi connectivity index (χ2v) is 5.96. The van der Waals surface area contributed by atoms with Crippen LogP contribution in [0.2, 0.25) is 0 Å². The van der Waals surface area contributed by atoms with Gasteiger partial charge in [-0.2, -0.15) is 5.10 Å². The van der Waals surface area contributed by atoms with Crippen molar-refractivity contribution in [3.63, 3.8) is 0 Å². The zero-order valence-corrected chi connectivity index (χ0v) is 13.9. The van der Waals surface area contributed by atoms with Crippen molar-refractivity contribution in [2.24, 2.45) is 5.10 Å². The van der Waals surface area contributed by atoms with Gasteiger partial charge in [0.1, 0.15) is 5.75 Å². The van der Waals surface area contributed by atoms with Gasteiger partial charge in [-0.25, -0.2) is 5.43 Å². The molecule has 2 rings (SSSR count). The van der Waals surface area contributed by atoms with Crippen LogP contribution in [0, 0.1) is 3.57 Å². The molecular weight excluding hydrogens is 435 g/mol. The van der Waals surface area contributed by atoms with Gasteiger partial charge in [-0.15, -0.1) is 0 Å². The Morgan fingerprint density at radius 2 is 2.05 bits per heavy atom. The molecule has 0 saturated heterocycles. The third kappa shape index (κ3) is 3.80. The Morgan fingerprint density at radius 1 is 1.30 bits per heavy atom. The molecule has 0 aromatic heterocycles.